The molecular formula is C13H15N5O3. The first-order chi connectivity index (χ1) is 10.1. The first-order valence-electron chi connectivity index (χ1n) is 6.20. The van der Waals surface area contributed by atoms with Crippen molar-refractivity contribution in [2.75, 3.05) is 19.0 Å². The highest BCUT2D eigenvalue weighted by atomic mass is 16.5. The first kappa shape index (κ1) is 14.7. The molecule has 0 unspecified atom stereocenters. The molecule has 0 spiro atoms. The van der Waals surface area contributed by atoms with E-state index in [1.807, 2.05) is 0 Å². The molecule has 0 aromatic carbocycles. The molecule has 2 aromatic rings. The van der Waals surface area contributed by atoms with Gasteiger partial charge in [-0.25, -0.2) is 4.98 Å². The second-order valence-electron chi connectivity index (χ2n) is 4.21. The van der Waals surface area contributed by atoms with Crippen molar-refractivity contribution in [2.45, 2.75) is 6.54 Å². The topological polar surface area (TPSA) is 112 Å². The second kappa shape index (κ2) is 6.62. The second-order valence-corrected chi connectivity index (χ2v) is 4.21. The van der Waals surface area contributed by atoms with Crippen LogP contribution in [0.3, 0.4) is 0 Å². The fourth-order valence-corrected chi connectivity index (χ4v) is 1.63. The number of aromatic nitrogens is 3. The van der Waals surface area contributed by atoms with E-state index in [1.165, 1.54) is 18.3 Å². The minimum atomic E-state index is -0.683. The first-order valence-corrected chi connectivity index (χ1v) is 6.20. The van der Waals surface area contributed by atoms with Crippen LogP contribution in [0, 0.1) is 0 Å². The van der Waals surface area contributed by atoms with Crippen molar-refractivity contribution >= 4 is 17.5 Å². The van der Waals surface area contributed by atoms with Crippen molar-refractivity contribution in [1.82, 2.24) is 14.8 Å². The quantitative estimate of drug-likeness (QED) is 0.793. The number of anilines is 1. The lowest BCUT2D eigenvalue weighted by Gasteiger charge is -2.03. The molecule has 0 radical (unpaired) electrons. The Morgan fingerprint density at radius 1 is 1.38 bits per heavy atom. The summed E-state index contributed by atoms with van der Waals surface area (Å²) in [4.78, 5) is 27.0. The number of carbonyl (C=O) groups excluding carboxylic acids is 2. The standard InChI is InChI=1S/C13H15N5O3/c1-21-6-5-18-8-9(7-15-18)16-13(20)11-4-2-3-10(17-11)12(14)19/h2-4,7-8H,5-6H2,1H3,(H2,14,19)(H,16,20). The van der Waals surface area contributed by atoms with Crippen molar-refractivity contribution in [2.24, 2.45) is 5.73 Å². The van der Waals surface area contributed by atoms with Crippen LogP contribution in [0.1, 0.15) is 21.0 Å². The number of hydrogen-bond acceptors (Lipinski definition) is 5. The van der Waals surface area contributed by atoms with Crippen molar-refractivity contribution in [3.8, 4) is 0 Å². The molecule has 21 heavy (non-hydrogen) atoms. The SMILES string of the molecule is COCCn1cc(NC(=O)c2cccc(C(N)=O)n2)cn1. The maximum absolute atomic E-state index is 12.0. The van der Waals surface area contributed by atoms with Gasteiger partial charge in [-0.05, 0) is 12.1 Å². The zero-order valence-electron chi connectivity index (χ0n) is 11.4. The molecule has 3 N–H and O–H groups in total. The van der Waals surface area contributed by atoms with Crippen LogP contribution in [0.25, 0.3) is 0 Å². The Balaban J connectivity index is 2.05. The Kier molecular flexibility index (Phi) is 4.62. The lowest BCUT2D eigenvalue weighted by atomic mass is 10.3. The predicted molar refractivity (Wildman–Crippen MR) is 74.8 cm³/mol. The van der Waals surface area contributed by atoms with Gasteiger partial charge in [0.1, 0.15) is 11.4 Å². The average Bonchev–Trinajstić information content (AvgIpc) is 2.92. The van der Waals surface area contributed by atoms with Gasteiger partial charge in [0.15, 0.2) is 0 Å². The third-order valence-electron chi connectivity index (χ3n) is 2.65. The van der Waals surface area contributed by atoms with Gasteiger partial charge in [0.25, 0.3) is 11.8 Å². The fraction of sp³-hybridized carbons (Fsp3) is 0.231. The summed E-state index contributed by atoms with van der Waals surface area (Å²) in [7, 11) is 1.60. The molecule has 2 amide bonds. The van der Waals surface area contributed by atoms with Gasteiger partial charge in [-0.1, -0.05) is 6.07 Å². The Hall–Kier alpha value is -2.74. The molecule has 0 saturated heterocycles. The summed E-state index contributed by atoms with van der Waals surface area (Å²) in [5, 5.41) is 6.72. The van der Waals surface area contributed by atoms with Gasteiger partial charge >= 0.3 is 0 Å². The van der Waals surface area contributed by atoms with Gasteiger partial charge in [-0.2, -0.15) is 5.10 Å². The highest BCUT2D eigenvalue weighted by Crippen LogP contribution is 2.08. The Morgan fingerprint density at radius 3 is 2.86 bits per heavy atom. The summed E-state index contributed by atoms with van der Waals surface area (Å²) in [6.45, 7) is 1.11. The van der Waals surface area contributed by atoms with E-state index < -0.39 is 11.8 Å². The van der Waals surface area contributed by atoms with E-state index in [1.54, 1.807) is 24.1 Å². The van der Waals surface area contributed by atoms with E-state index in [0.717, 1.165) is 0 Å². The van der Waals surface area contributed by atoms with Gasteiger partial charge in [-0.15, -0.1) is 0 Å². The third-order valence-corrected chi connectivity index (χ3v) is 2.65. The Labute approximate surface area is 120 Å². The molecule has 0 aliphatic heterocycles. The normalized spacial score (nSPS) is 10.3. The summed E-state index contributed by atoms with van der Waals surface area (Å²) >= 11 is 0. The highest BCUT2D eigenvalue weighted by Gasteiger charge is 2.11. The number of rotatable bonds is 6. The largest absolute Gasteiger partial charge is 0.383 e. The smallest absolute Gasteiger partial charge is 0.274 e. The molecule has 0 fully saturated rings. The van der Waals surface area contributed by atoms with E-state index in [-0.39, 0.29) is 11.4 Å². The molecule has 0 saturated carbocycles. The number of pyridine rings is 1. The number of carbonyl (C=O) groups is 2. The number of nitrogens with one attached hydrogen (secondary N) is 1. The number of hydrogen-bond donors (Lipinski definition) is 2. The number of nitrogens with two attached hydrogens (primary N) is 1. The molecule has 2 heterocycles. The maximum atomic E-state index is 12.0. The van der Waals surface area contributed by atoms with E-state index in [2.05, 4.69) is 15.4 Å². The Bertz CT molecular complexity index is 653. The molecule has 0 aliphatic carbocycles. The summed E-state index contributed by atoms with van der Waals surface area (Å²) < 4.78 is 6.58. The molecule has 0 atom stereocenters. The molecule has 8 heteroatoms. The maximum Gasteiger partial charge on any atom is 0.274 e. The summed E-state index contributed by atoms with van der Waals surface area (Å²) in [5.74, 6) is -1.12. The van der Waals surface area contributed by atoms with Crippen LogP contribution in [0.5, 0.6) is 0 Å². The number of amides is 2. The fourth-order valence-electron chi connectivity index (χ4n) is 1.63. The monoisotopic (exact) mass is 289 g/mol. The molecule has 2 aromatic heterocycles. The van der Waals surface area contributed by atoms with Crippen LogP contribution < -0.4 is 11.1 Å². The predicted octanol–water partition coefficient (Wildman–Crippen LogP) is 0.276. The van der Waals surface area contributed by atoms with Gasteiger partial charge in [0.05, 0.1) is 25.0 Å². The van der Waals surface area contributed by atoms with E-state index >= 15 is 0 Å². The van der Waals surface area contributed by atoms with E-state index in [9.17, 15) is 9.59 Å². The van der Waals surface area contributed by atoms with Gasteiger partial charge in [0.2, 0.25) is 0 Å². The Morgan fingerprint density at radius 2 is 2.14 bits per heavy atom. The molecular weight excluding hydrogens is 274 g/mol. The number of primary amides is 1. The van der Waals surface area contributed by atoms with Crippen LogP contribution in [-0.4, -0.2) is 40.3 Å². The van der Waals surface area contributed by atoms with Crippen LogP contribution >= 0.6 is 0 Å². The molecule has 110 valence electrons. The zero-order valence-corrected chi connectivity index (χ0v) is 11.4. The molecule has 8 nitrogen and oxygen atoms in total. The van der Waals surface area contributed by atoms with Crippen LogP contribution in [0.4, 0.5) is 5.69 Å². The number of ether oxygens (including phenoxy) is 1. The van der Waals surface area contributed by atoms with Gasteiger partial charge in [0, 0.05) is 13.3 Å². The van der Waals surface area contributed by atoms with Gasteiger partial charge < -0.3 is 15.8 Å². The summed E-state index contributed by atoms with van der Waals surface area (Å²) in [6, 6.07) is 4.49. The van der Waals surface area contributed by atoms with Crippen molar-refractivity contribution < 1.29 is 14.3 Å². The van der Waals surface area contributed by atoms with Crippen molar-refractivity contribution in [3.63, 3.8) is 0 Å². The zero-order chi connectivity index (χ0) is 15.2. The van der Waals surface area contributed by atoms with E-state index in [4.69, 9.17) is 10.5 Å². The van der Waals surface area contributed by atoms with Crippen molar-refractivity contribution in [3.05, 3.63) is 42.0 Å². The lowest BCUT2D eigenvalue weighted by molar-refractivity contribution is 0.0995. The molecule has 0 aliphatic rings. The van der Waals surface area contributed by atoms with E-state index in [0.29, 0.717) is 18.8 Å². The molecule has 0 bridgehead atoms. The van der Waals surface area contributed by atoms with Crippen LogP contribution in [-0.2, 0) is 11.3 Å². The minimum Gasteiger partial charge on any atom is -0.383 e. The summed E-state index contributed by atoms with van der Waals surface area (Å²) in [6.07, 6.45) is 3.19. The highest BCUT2D eigenvalue weighted by molar-refractivity contribution is 6.03. The van der Waals surface area contributed by atoms with Crippen molar-refractivity contribution in [1.29, 1.82) is 0 Å². The van der Waals surface area contributed by atoms with Crippen LogP contribution in [0.15, 0.2) is 30.6 Å². The number of methoxy groups -OCH3 is 1. The lowest BCUT2D eigenvalue weighted by Crippen LogP contribution is -2.18. The van der Waals surface area contributed by atoms with Gasteiger partial charge in [-0.3, -0.25) is 14.3 Å². The molecule has 2 rings (SSSR count). The summed E-state index contributed by atoms with van der Waals surface area (Å²) in [5.41, 5.74) is 5.80. The third kappa shape index (κ3) is 3.86. The average molecular weight is 289 g/mol. The minimum absolute atomic E-state index is 0.0402. The number of nitrogens with zero attached hydrogens (tertiary/aromatic N) is 3. The van der Waals surface area contributed by atoms with Crippen LogP contribution in [0.2, 0.25) is 0 Å².